The summed E-state index contributed by atoms with van der Waals surface area (Å²) >= 11 is 0. The predicted molar refractivity (Wildman–Crippen MR) is 344 cm³/mol. The highest BCUT2D eigenvalue weighted by molar-refractivity contribution is 5.96. The van der Waals surface area contributed by atoms with Crippen molar-refractivity contribution in [3.63, 3.8) is 0 Å². The van der Waals surface area contributed by atoms with Crippen molar-refractivity contribution < 1.29 is 57.2 Å². The maximum Gasteiger partial charge on any atom is 0.410 e. The zero-order chi connectivity index (χ0) is 66.7. The van der Waals surface area contributed by atoms with E-state index in [1.807, 2.05) is 36.4 Å². The van der Waals surface area contributed by atoms with E-state index in [1.54, 1.807) is 44.4 Å². The molecule has 4 aliphatic heterocycles. The summed E-state index contributed by atoms with van der Waals surface area (Å²) in [4.78, 5) is 104. The monoisotopic (exact) mass is 1290 g/mol. The zero-order valence-corrected chi connectivity index (χ0v) is 52.8. The molecule has 7 aliphatic rings. The van der Waals surface area contributed by atoms with Gasteiger partial charge in [0.1, 0.15) is 38.0 Å². The van der Waals surface area contributed by atoms with E-state index >= 15 is 4.39 Å². The van der Waals surface area contributed by atoms with Crippen molar-refractivity contribution in [2.75, 3.05) is 45.9 Å². The lowest BCUT2D eigenvalue weighted by Gasteiger charge is -2.31. The fourth-order valence-electron chi connectivity index (χ4n) is 15.4. The molecule has 8 aromatic rings. The highest BCUT2D eigenvalue weighted by Gasteiger charge is 2.48. The molecule has 0 unspecified atom stereocenters. The van der Waals surface area contributed by atoms with Crippen LogP contribution in [0, 0.1) is 25.5 Å². The first-order valence-electron chi connectivity index (χ1n) is 32.2. The van der Waals surface area contributed by atoms with Crippen LogP contribution in [0.5, 0.6) is 0 Å². The van der Waals surface area contributed by atoms with Crippen LogP contribution in [0.1, 0.15) is 135 Å². The number of ether oxygens (including phenoxy) is 3. The third-order valence-corrected chi connectivity index (χ3v) is 20.4. The molecule has 0 radical (unpaired) electrons. The molecule has 15 rings (SSSR count). The second kappa shape index (κ2) is 24.0. The smallest absolute Gasteiger partial charge is 0.410 e. The number of aryl methyl sites for hydroxylation is 2. The molecule has 3 aliphatic carbocycles. The van der Waals surface area contributed by atoms with Crippen LogP contribution in [-0.4, -0.2) is 110 Å². The quantitative estimate of drug-likeness (QED) is 0.0372. The fraction of sp³-hybridized carbons (Fsp3) is 0.366. The molecule has 24 heteroatoms. The number of benzene rings is 4. The Balaban J connectivity index is 0.000000175. The Hall–Kier alpha value is -9.59. The van der Waals surface area contributed by atoms with Crippen LogP contribution in [-0.2, 0) is 83.7 Å². The topological polar surface area (TPSA) is 315 Å². The van der Waals surface area contributed by atoms with Crippen LogP contribution in [0.4, 0.5) is 13.6 Å². The number of halogens is 2. The van der Waals surface area contributed by atoms with Gasteiger partial charge in [0, 0.05) is 77.3 Å². The number of nitrogens with zero attached hydrogens (tertiary/aromatic N) is 5. The normalized spacial score (nSPS) is 19.6. The van der Waals surface area contributed by atoms with Gasteiger partial charge in [0.15, 0.2) is 11.2 Å². The average molecular weight is 1290 g/mol. The van der Waals surface area contributed by atoms with Gasteiger partial charge in [-0.1, -0.05) is 62.4 Å². The van der Waals surface area contributed by atoms with Crippen LogP contribution in [0.2, 0.25) is 0 Å². The Morgan fingerprint density at radius 1 is 0.674 bits per heavy atom. The lowest BCUT2D eigenvalue weighted by atomic mass is 9.81. The van der Waals surface area contributed by atoms with Crippen LogP contribution in [0.3, 0.4) is 0 Å². The summed E-state index contributed by atoms with van der Waals surface area (Å²) in [6.07, 6.45) is 1.38. The van der Waals surface area contributed by atoms with Gasteiger partial charge in [-0.05, 0) is 120 Å². The minimum Gasteiger partial charge on any atom is -0.458 e. The number of nitrogens with two attached hydrogens (primary N) is 2. The molecule has 22 nitrogen and oxygen atoms in total. The number of hydrogen-bond acceptors (Lipinski definition) is 17. The lowest BCUT2D eigenvalue weighted by Crippen LogP contribution is -2.44. The van der Waals surface area contributed by atoms with E-state index in [2.05, 4.69) is 28.1 Å². The molecule has 0 bridgehead atoms. The highest BCUT2D eigenvalue weighted by atomic mass is 19.1. The summed E-state index contributed by atoms with van der Waals surface area (Å²) in [7, 11) is 0. The van der Waals surface area contributed by atoms with Crippen molar-refractivity contribution in [2.24, 2.45) is 11.5 Å². The van der Waals surface area contributed by atoms with Crippen molar-refractivity contribution in [3.05, 3.63) is 183 Å². The third-order valence-electron chi connectivity index (χ3n) is 20.4. The second-order valence-electron chi connectivity index (χ2n) is 25.4. The van der Waals surface area contributed by atoms with Gasteiger partial charge in [-0.2, -0.15) is 0 Å². The number of esters is 2. The maximum absolute atomic E-state index is 15.4. The van der Waals surface area contributed by atoms with Crippen LogP contribution >= 0.6 is 0 Å². The molecule has 0 saturated carbocycles. The number of cyclic esters (lactones) is 2. The van der Waals surface area contributed by atoms with Crippen molar-refractivity contribution in [1.29, 1.82) is 0 Å². The van der Waals surface area contributed by atoms with Gasteiger partial charge in [-0.25, -0.2) is 33.1 Å². The Bertz CT molecular complexity index is 4750. The van der Waals surface area contributed by atoms with E-state index in [1.165, 1.54) is 21.6 Å². The standard InChI is InChI=1S/C43H40FN5O7.C28H30FN5O5/c1-3-43(54)31-16-35-39-28(18-49(35)40(51)30(31)21-55-41(43)52)38-33(13-12-23-22(2)32(44)17-34(47-39)37(23)38)46-36(50)19-48(15-14-45)42(53)56-20-29-26-10-6-4-8-24(26)25-9-5-7-11-27(25)29;1-3-28(38)17-8-21-25-15(11-34(21)26(36)16(17)12-39-27(28)37)24-19(32-22(35)10-31-7-6-30)5-4-14-13(2)18(29)9-20(33-25)23(14)24/h4-11,16-17,29,33,54H,3,12-15,18-21,45H2,1-2H3,(H,46,50);8-9,19,31,38H,3-7,10-12,30H2,1-2H3,(H,32,35)/t33-,43-;19-,28-/m00/s1. The number of hydrogen-bond donors (Lipinski definition) is 7. The summed E-state index contributed by atoms with van der Waals surface area (Å²) < 4.78 is 49.7. The molecule has 490 valence electrons. The number of nitrogens with one attached hydrogen (secondary N) is 3. The summed E-state index contributed by atoms with van der Waals surface area (Å²) in [6, 6.07) is 21.1. The molecule has 4 atom stereocenters. The van der Waals surface area contributed by atoms with E-state index in [4.69, 9.17) is 35.6 Å². The Morgan fingerprint density at radius 3 is 1.61 bits per heavy atom. The van der Waals surface area contributed by atoms with Crippen LogP contribution < -0.4 is 38.5 Å². The van der Waals surface area contributed by atoms with E-state index < -0.39 is 52.6 Å². The lowest BCUT2D eigenvalue weighted by molar-refractivity contribution is -0.172. The predicted octanol–water partition coefficient (Wildman–Crippen LogP) is 6.02. The number of aromatic nitrogens is 4. The van der Waals surface area contributed by atoms with Gasteiger partial charge in [-0.3, -0.25) is 24.1 Å². The van der Waals surface area contributed by atoms with Crippen LogP contribution in [0.15, 0.2) is 82.4 Å². The van der Waals surface area contributed by atoms with Gasteiger partial charge in [-0.15, -0.1) is 0 Å². The van der Waals surface area contributed by atoms with Crippen LogP contribution in [0.25, 0.3) is 55.7 Å². The Morgan fingerprint density at radius 2 is 1.15 bits per heavy atom. The van der Waals surface area contributed by atoms with Crippen molar-refractivity contribution in [1.82, 2.24) is 40.0 Å². The molecular formula is C71H70F2N10O12. The van der Waals surface area contributed by atoms with Gasteiger partial charge >= 0.3 is 18.0 Å². The molecule has 0 fully saturated rings. The number of pyridine rings is 4. The van der Waals surface area contributed by atoms with Gasteiger partial charge in [0.25, 0.3) is 11.1 Å². The SMILES string of the molecule is CC[C@@]1(O)C(=O)OCc2c1cc1n(c2=O)Cc2c-1nc1cc(F)c(C)c3c1c2[C@@H](NC(=O)CN(CCN)C(=O)OCC1c2ccccc2-c2ccccc21)CC3.CC[C@@]1(O)C(=O)OCc2c1cc1n(c2=O)Cc2c-1nc1cc(F)c(C)c3c1c2[C@@H](NC(=O)CNCCN)CC3. The van der Waals surface area contributed by atoms with E-state index in [0.29, 0.717) is 100 Å². The van der Waals surface area contributed by atoms with E-state index in [0.717, 1.165) is 49.9 Å². The first kappa shape index (κ1) is 62.8. The molecule has 4 aromatic heterocycles. The van der Waals surface area contributed by atoms with Gasteiger partial charge in [0.2, 0.25) is 11.8 Å². The van der Waals surface area contributed by atoms with E-state index in [-0.39, 0.29) is 123 Å². The first-order valence-corrected chi connectivity index (χ1v) is 32.2. The third kappa shape index (κ3) is 10.0. The van der Waals surface area contributed by atoms with Crippen molar-refractivity contribution in [2.45, 2.75) is 122 Å². The van der Waals surface area contributed by atoms with Gasteiger partial charge < -0.3 is 61.0 Å². The Labute approximate surface area is 542 Å². The van der Waals surface area contributed by atoms with E-state index in [9.17, 15) is 48.2 Å². The largest absolute Gasteiger partial charge is 0.458 e. The van der Waals surface area contributed by atoms with Crippen molar-refractivity contribution in [3.8, 4) is 33.9 Å². The fourth-order valence-corrected chi connectivity index (χ4v) is 15.4. The summed E-state index contributed by atoms with van der Waals surface area (Å²) in [5.74, 6) is -3.20. The zero-order valence-electron chi connectivity index (χ0n) is 52.8. The molecular weight excluding hydrogens is 1220 g/mol. The molecule has 0 spiro atoms. The minimum atomic E-state index is -2.01. The number of carbonyl (C=O) groups is 5. The molecule has 95 heavy (non-hydrogen) atoms. The molecule has 3 amide bonds. The number of carbonyl (C=O) groups excluding carboxylic acids is 5. The Kier molecular flexibility index (Phi) is 15.9. The summed E-state index contributed by atoms with van der Waals surface area (Å²) in [5.41, 5.74) is 20.0. The molecule has 9 N–H and O–H groups in total. The minimum absolute atomic E-state index is 0.00977. The first-order chi connectivity index (χ1) is 45.7. The number of fused-ring (bicyclic) bond motifs is 13. The number of aliphatic hydroxyl groups is 2. The molecule has 4 aromatic carbocycles. The molecule has 8 heterocycles. The highest BCUT2D eigenvalue weighted by Crippen LogP contribution is 2.49. The second-order valence-corrected chi connectivity index (χ2v) is 25.4. The van der Waals surface area contributed by atoms with Gasteiger partial charge in [0.05, 0.1) is 76.7 Å². The maximum atomic E-state index is 15.4. The van der Waals surface area contributed by atoms with Crippen molar-refractivity contribution >= 4 is 51.7 Å². The number of amides is 3. The molecule has 0 saturated heterocycles. The average Bonchev–Trinajstić information content (AvgIpc) is 1.61. The number of rotatable bonds is 14. The summed E-state index contributed by atoms with van der Waals surface area (Å²) in [5, 5.41) is 33.3. The summed E-state index contributed by atoms with van der Waals surface area (Å²) in [6.45, 7) is 7.54.